The van der Waals surface area contributed by atoms with E-state index in [1.54, 1.807) is 10.9 Å². The van der Waals surface area contributed by atoms with Crippen molar-refractivity contribution in [1.82, 2.24) is 24.9 Å². The smallest absolute Gasteiger partial charge is 0.251 e. The summed E-state index contributed by atoms with van der Waals surface area (Å²) < 4.78 is 4.71. The third-order valence-corrected chi connectivity index (χ3v) is 5.31. The minimum Gasteiger partial charge on any atom is -0.346 e. The van der Waals surface area contributed by atoms with E-state index in [9.17, 15) is 4.79 Å². The molecule has 0 bridgehead atoms. The molecule has 2 aromatic heterocycles. The van der Waals surface area contributed by atoms with E-state index in [2.05, 4.69) is 31.4 Å². The largest absolute Gasteiger partial charge is 0.346 e. The van der Waals surface area contributed by atoms with Gasteiger partial charge < -0.3 is 5.32 Å². The van der Waals surface area contributed by atoms with Crippen molar-refractivity contribution in [3.8, 4) is 0 Å². The highest BCUT2D eigenvalue weighted by molar-refractivity contribution is 9.10. The number of aryl methyl sites for hydroxylation is 2. The molecule has 6 nitrogen and oxygen atoms in total. The predicted octanol–water partition coefficient (Wildman–Crippen LogP) is 2.97. The molecule has 130 valence electrons. The summed E-state index contributed by atoms with van der Waals surface area (Å²) in [5, 5.41) is 11.5. The van der Waals surface area contributed by atoms with Gasteiger partial charge in [0.05, 0.1) is 34.6 Å². The van der Waals surface area contributed by atoms with Gasteiger partial charge in [0, 0.05) is 18.8 Å². The van der Waals surface area contributed by atoms with Crippen LogP contribution in [-0.4, -0.2) is 25.5 Å². The fourth-order valence-electron chi connectivity index (χ4n) is 2.66. The van der Waals surface area contributed by atoms with Crippen LogP contribution in [0.5, 0.6) is 0 Å². The Kier molecular flexibility index (Phi) is 5.03. The first-order chi connectivity index (χ1) is 12.0. The van der Waals surface area contributed by atoms with Gasteiger partial charge in [-0.15, -0.1) is 0 Å². The lowest BCUT2D eigenvalue weighted by molar-refractivity contribution is 0.0950. The second-order valence-corrected chi connectivity index (χ2v) is 6.76. The highest BCUT2D eigenvalue weighted by Crippen LogP contribution is 2.20. The maximum atomic E-state index is 12.4. The van der Waals surface area contributed by atoms with Crippen LogP contribution in [0.15, 0.2) is 41.0 Å². The first kappa shape index (κ1) is 17.4. The van der Waals surface area contributed by atoms with Gasteiger partial charge in [0.1, 0.15) is 0 Å². The molecule has 0 aliphatic rings. The van der Waals surface area contributed by atoms with Gasteiger partial charge in [0.15, 0.2) is 0 Å². The molecule has 0 saturated heterocycles. The number of carbonyl (C=O) groups excluding carboxylic acids is 1. The Labute approximate surface area is 155 Å². The third-order valence-electron chi connectivity index (χ3n) is 4.17. The summed E-state index contributed by atoms with van der Waals surface area (Å²) in [5.41, 5.74) is 4.66. The first-order valence-electron chi connectivity index (χ1n) is 7.99. The molecule has 3 aromatic rings. The lowest BCUT2D eigenvalue weighted by atomic mass is 10.1. The van der Waals surface area contributed by atoms with Crippen LogP contribution >= 0.6 is 15.9 Å². The van der Waals surface area contributed by atoms with E-state index in [4.69, 9.17) is 0 Å². The zero-order valence-corrected chi connectivity index (χ0v) is 16.0. The monoisotopic (exact) mass is 401 g/mol. The molecule has 1 N–H and O–H groups in total. The lowest BCUT2D eigenvalue weighted by Crippen LogP contribution is -2.24. The van der Waals surface area contributed by atoms with Crippen LogP contribution in [0.3, 0.4) is 0 Å². The van der Waals surface area contributed by atoms with E-state index in [0.29, 0.717) is 18.7 Å². The summed E-state index contributed by atoms with van der Waals surface area (Å²) in [6.45, 7) is 5.06. The van der Waals surface area contributed by atoms with Crippen molar-refractivity contribution in [2.24, 2.45) is 7.05 Å². The highest BCUT2D eigenvalue weighted by Gasteiger charge is 2.11. The molecule has 0 spiro atoms. The minimum atomic E-state index is -0.0994. The van der Waals surface area contributed by atoms with Crippen LogP contribution in [0.1, 0.15) is 33.0 Å². The quantitative estimate of drug-likeness (QED) is 0.714. The van der Waals surface area contributed by atoms with Gasteiger partial charge in [-0.1, -0.05) is 12.1 Å². The van der Waals surface area contributed by atoms with Gasteiger partial charge in [-0.25, -0.2) is 0 Å². The van der Waals surface area contributed by atoms with E-state index in [-0.39, 0.29) is 5.91 Å². The molecule has 0 aliphatic heterocycles. The van der Waals surface area contributed by atoms with Gasteiger partial charge in [-0.3, -0.25) is 14.2 Å². The molecule has 0 fully saturated rings. The predicted molar refractivity (Wildman–Crippen MR) is 99.3 cm³/mol. The summed E-state index contributed by atoms with van der Waals surface area (Å²) in [6.07, 6.45) is 1.72. The lowest BCUT2D eigenvalue weighted by Gasteiger charge is -2.09. The standard InChI is InChI=1S/C18H20BrN5O/c1-12-17(19)13(2)24(22-12)11-14-5-4-6-15(9-14)18(25)20-10-16-7-8-21-23(16)3/h4-9H,10-11H2,1-3H3,(H,20,25). The van der Waals surface area contributed by atoms with Crippen LogP contribution in [0.25, 0.3) is 0 Å². The summed E-state index contributed by atoms with van der Waals surface area (Å²) >= 11 is 3.54. The summed E-state index contributed by atoms with van der Waals surface area (Å²) in [5.74, 6) is -0.0994. The van der Waals surface area contributed by atoms with E-state index >= 15 is 0 Å². The van der Waals surface area contributed by atoms with Crippen LogP contribution in [-0.2, 0) is 20.1 Å². The van der Waals surface area contributed by atoms with Crippen LogP contribution in [0.2, 0.25) is 0 Å². The molecule has 25 heavy (non-hydrogen) atoms. The molecular formula is C18H20BrN5O. The molecule has 0 radical (unpaired) electrons. The van der Waals surface area contributed by atoms with Crippen LogP contribution < -0.4 is 5.32 Å². The van der Waals surface area contributed by atoms with Crippen molar-refractivity contribution >= 4 is 21.8 Å². The number of rotatable bonds is 5. The minimum absolute atomic E-state index is 0.0994. The van der Waals surface area contributed by atoms with Crippen molar-refractivity contribution < 1.29 is 4.79 Å². The summed E-state index contributed by atoms with van der Waals surface area (Å²) in [7, 11) is 1.86. The number of hydrogen-bond donors (Lipinski definition) is 1. The van der Waals surface area contributed by atoms with Crippen molar-refractivity contribution in [2.45, 2.75) is 26.9 Å². The van der Waals surface area contributed by atoms with E-state index in [0.717, 1.165) is 27.1 Å². The molecule has 2 heterocycles. The van der Waals surface area contributed by atoms with Crippen molar-refractivity contribution in [2.75, 3.05) is 0 Å². The van der Waals surface area contributed by atoms with E-state index in [1.165, 1.54) is 0 Å². The summed E-state index contributed by atoms with van der Waals surface area (Å²) in [4.78, 5) is 12.4. The van der Waals surface area contributed by atoms with Crippen LogP contribution in [0.4, 0.5) is 0 Å². The Balaban J connectivity index is 1.71. The second-order valence-electron chi connectivity index (χ2n) is 5.97. The van der Waals surface area contributed by atoms with Gasteiger partial charge in [0.2, 0.25) is 0 Å². The number of aromatic nitrogens is 4. The molecule has 1 amide bonds. The maximum absolute atomic E-state index is 12.4. The van der Waals surface area contributed by atoms with E-state index in [1.807, 2.05) is 55.9 Å². The zero-order valence-electron chi connectivity index (χ0n) is 14.5. The Bertz CT molecular complexity index is 912. The molecule has 0 saturated carbocycles. The average Bonchev–Trinajstić information content (AvgIpc) is 3.12. The first-order valence-corrected chi connectivity index (χ1v) is 8.78. The normalized spacial score (nSPS) is 10.9. The molecule has 0 atom stereocenters. The van der Waals surface area contributed by atoms with Gasteiger partial charge in [0.25, 0.3) is 5.91 Å². The fraction of sp³-hybridized carbons (Fsp3) is 0.278. The van der Waals surface area contributed by atoms with Crippen molar-refractivity contribution in [3.05, 3.63) is 69.2 Å². The van der Waals surface area contributed by atoms with E-state index < -0.39 is 0 Å². The molecule has 1 aromatic carbocycles. The molecule has 3 rings (SSSR count). The Morgan fingerprint density at radius 1 is 1.28 bits per heavy atom. The third kappa shape index (κ3) is 3.82. The van der Waals surface area contributed by atoms with Crippen LogP contribution in [0, 0.1) is 13.8 Å². The topological polar surface area (TPSA) is 64.7 Å². The number of carbonyl (C=O) groups is 1. The number of nitrogens with zero attached hydrogens (tertiary/aromatic N) is 4. The van der Waals surface area contributed by atoms with Gasteiger partial charge in [-0.05, 0) is 53.5 Å². The van der Waals surface area contributed by atoms with Crippen molar-refractivity contribution in [1.29, 1.82) is 0 Å². The highest BCUT2D eigenvalue weighted by atomic mass is 79.9. The Morgan fingerprint density at radius 2 is 2.08 bits per heavy atom. The number of amides is 1. The van der Waals surface area contributed by atoms with Gasteiger partial charge in [-0.2, -0.15) is 10.2 Å². The Hall–Kier alpha value is -2.41. The molecule has 0 aliphatic carbocycles. The number of halogens is 1. The molecular weight excluding hydrogens is 382 g/mol. The maximum Gasteiger partial charge on any atom is 0.251 e. The molecule has 7 heteroatoms. The Morgan fingerprint density at radius 3 is 2.72 bits per heavy atom. The SMILES string of the molecule is Cc1nn(Cc2cccc(C(=O)NCc3ccnn3C)c2)c(C)c1Br. The average molecular weight is 402 g/mol. The number of nitrogens with one attached hydrogen (secondary N) is 1. The molecule has 0 unspecified atom stereocenters. The zero-order chi connectivity index (χ0) is 18.0. The van der Waals surface area contributed by atoms with Gasteiger partial charge >= 0.3 is 0 Å². The number of benzene rings is 1. The number of hydrogen-bond acceptors (Lipinski definition) is 3. The fourth-order valence-corrected chi connectivity index (χ4v) is 2.94. The second kappa shape index (κ2) is 7.23. The van der Waals surface area contributed by atoms with Crippen molar-refractivity contribution in [3.63, 3.8) is 0 Å². The summed E-state index contributed by atoms with van der Waals surface area (Å²) in [6, 6.07) is 9.51.